The first-order chi connectivity index (χ1) is 10.2. The summed E-state index contributed by atoms with van der Waals surface area (Å²) < 4.78 is 10.1. The average Bonchev–Trinajstić information content (AvgIpc) is 2.55. The van der Waals surface area contributed by atoms with E-state index in [1.807, 2.05) is 48.5 Å². The minimum atomic E-state index is -0.688. The Hall–Kier alpha value is -2.33. The number of nitrogens with two attached hydrogens (primary N) is 1. The molecular formula is C17H19NO3. The summed E-state index contributed by atoms with van der Waals surface area (Å²) in [5.41, 5.74) is 8.86. The van der Waals surface area contributed by atoms with Crippen molar-refractivity contribution in [2.24, 2.45) is 5.73 Å². The van der Waals surface area contributed by atoms with Crippen molar-refractivity contribution in [3.8, 4) is 16.9 Å². The lowest BCUT2D eigenvalue weighted by Gasteiger charge is -2.14. The Morgan fingerprint density at radius 3 is 2.43 bits per heavy atom. The first-order valence-electron chi connectivity index (χ1n) is 6.71. The Morgan fingerprint density at radius 1 is 1.10 bits per heavy atom. The zero-order chi connectivity index (χ0) is 15.2. The number of carbonyl (C=O) groups is 1. The van der Waals surface area contributed by atoms with Crippen LogP contribution in [-0.2, 0) is 16.0 Å². The summed E-state index contributed by atoms with van der Waals surface area (Å²) in [4.78, 5) is 11.4. The van der Waals surface area contributed by atoms with E-state index in [0.29, 0.717) is 6.42 Å². The highest BCUT2D eigenvalue weighted by Gasteiger charge is 2.17. The van der Waals surface area contributed by atoms with Gasteiger partial charge in [0.25, 0.3) is 0 Å². The molecule has 0 saturated heterocycles. The third-order valence-electron chi connectivity index (χ3n) is 3.34. The van der Waals surface area contributed by atoms with Gasteiger partial charge in [-0.15, -0.1) is 0 Å². The lowest BCUT2D eigenvalue weighted by molar-refractivity contribution is -0.142. The fraction of sp³-hybridized carbons (Fsp3) is 0.235. The second kappa shape index (κ2) is 6.90. The van der Waals surface area contributed by atoms with Crippen LogP contribution in [0.25, 0.3) is 11.1 Å². The van der Waals surface area contributed by atoms with Crippen LogP contribution >= 0.6 is 0 Å². The molecule has 0 spiro atoms. The lowest BCUT2D eigenvalue weighted by Crippen LogP contribution is -2.33. The predicted octanol–water partition coefficient (Wildman–Crippen LogP) is 2.41. The Bertz CT molecular complexity index is 611. The number of methoxy groups -OCH3 is 2. The van der Waals surface area contributed by atoms with E-state index < -0.39 is 12.0 Å². The number of hydrogen-bond acceptors (Lipinski definition) is 4. The molecule has 0 amide bonds. The molecule has 0 aliphatic rings. The summed E-state index contributed by atoms with van der Waals surface area (Å²) in [5, 5.41) is 0. The van der Waals surface area contributed by atoms with Crippen LogP contribution in [-0.4, -0.2) is 26.2 Å². The van der Waals surface area contributed by atoms with Crippen LogP contribution in [0.4, 0.5) is 0 Å². The van der Waals surface area contributed by atoms with E-state index in [1.54, 1.807) is 7.11 Å². The molecule has 0 aliphatic carbocycles. The SMILES string of the molecule is COC(=O)C(N)Cc1ccc(-c2ccccc2)cc1OC. The summed E-state index contributed by atoms with van der Waals surface area (Å²) in [6.07, 6.45) is 0.380. The zero-order valence-corrected chi connectivity index (χ0v) is 12.2. The smallest absolute Gasteiger partial charge is 0.322 e. The van der Waals surface area contributed by atoms with Gasteiger partial charge in [-0.25, -0.2) is 0 Å². The highest BCUT2D eigenvalue weighted by Crippen LogP contribution is 2.27. The van der Waals surface area contributed by atoms with E-state index in [0.717, 1.165) is 22.4 Å². The van der Waals surface area contributed by atoms with Crippen LogP contribution in [0.15, 0.2) is 48.5 Å². The maximum Gasteiger partial charge on any atom is 0.322 e. The summed E-state index contributed by atoms with van der Waals surface area (Å²) >= 11 is 0. The van der Waals surface area contributed by atoms with Gasteiger partial charge < -0.3 is 15.2 Å². The number of rotatable bonds is 5. The molecule has 2 aromatic carbocycles. The van der Waals surface area contributed by atoms with Gasteiger partial charge >= 0.3 is 5.97 Å². The first-order valence-corrected chi connectivity index (χ1v) is 6.71. The molecule has 0 radical (unpaired) electrons. The second-order valence-electron chi connectivity index (χ2n) is 4.73. The summed E-state index contributed by atoms with van der Waals surface area (Å²) in [5.74, 6) is 0.292. The van der Waals surface area contributed by atoms with Gasteiger partial charge in [0.15, 0.2) is 0 Å². The molecule has 2 N–H and O–H groups in total. The van der Waals surface area contributed by atoms with Crippen LogP contribution in [0, 0.1) is 0 Å². The number of carbonyl (C=O) groups excluding carboxylic acids is 1. The topological polar surface area (TPSA) is 61.5 Å². The molecule has 4 nitrogen and oxygen atoms in total. The zero-order valence-electron chi connectivity index (χ0n) is 12.2. The molecule has 0 heterocycles. The number of benzene rings is 2. The second-order valence-corrected chi connectivity index (χ2v) is 4.73. The fourth-order valence-electron chi connectivity index (χ4n) is 2.19. The maximum atomic E-state index is 11.4. The van der Waals surface area contributed by atoms with E-state index in [9.17, 15) is 4.79 Å². The summed E-state index contributed by atoms with van der Waals surface area (Å²) in [6, 6.07) is 15.2. The molecule has 2 rings (SSSR count). The molecule has 21 heavy (non-hydrogen) atoms. The van der Waals surface area contributed by atoms with E-state index in [4.69, 9.17) is 10.5 Å². The Kier molecular flexibility index (Phi) is 4.95. The van der Waals surface area contributed by atoms with Gasteiger partial charge in [-0.1, -0.05) is 42.5 Å². The molecular weight excluding hydrogens is 266 g/mol. The van der Waals surface area contributed by atoms with Gasteiger partial charge in [-0.3, -0.25) is 4.79 Å². The van der Waals surface area contributed by atoms with Crippen LogP contribution in [0.5, 0.6) is 5.75 Å². The highest BCUT2D eigenvalue weighted by molar-refractivity contribution is 5.76. The minimum absolute atomic E-state index is 0.380. The van der Waals surface area contributed by atoms with E-state index in [-0.39, 0.29) is 0 Å². The van der Waals surface area contributed by atoms with Crippen LogP contribution in [0.2, 0.25) is 0 Å². The molecule has 2 aromatic rings. The number of hydrogen-bond donors (Lipinski definition) is 1. The monoisotopic (exact) mass is 285 g/mol. The van der Waals surface area contributed by atoms with Crippen molar-refractivity contribution in [1.29, 1.82) is 0 Å². The maximum absolute atomic E-state index is 11.4. The van der Waals surface area contributed by atoms with Gasteiger partial charge in [0.2, 0.25) is 0 Å². The van der Waals surface area contributed by atoms with E-state index in [1.165, 1.54) is 7.11 Å². The van der Waals surface area contributed by atoms with Gasteiger partial charge in [0.05, 0.1) is 14.2 Å². The molecule has 1 unspecified atom stereocenters. The molecule has 110 valence electrons. The van der Waals surface area contributed by atoms with Crippen molar-refractivity contribution in [3.63, 3.8) is 0 Å². The Balaban J connectivity index is 2.27. The van der Waals surface area contributed by atoms with Crippen molar-refractivity contribution in [2.75, 3.05) is 14.2 Å². The molecule has 0 bridgehead atoms. The van der Waals surface area contributed by atoms with Crippen LogP contribution in [0.3, 0.4) is 0 Å². The van der Waals surface area contributed by atoms with E-state index in [2.05, 4.69) is 4.74 Å². The van der Waals surface area contributed by atoms with Gasteiger partial charge in [0.1, 0.15) is 11.8 Å². The van der Waals surface area contributed by atoms with Crippen molar-refractivity contribution >= 4 is 5.97 Å². The molecule has 0 aliphatic heterocycles. The quantitative estimate of drug-likeness (QED) is 0.857. The standard InChI is InChI=1S/C17H19NO3/c1-20-16-11-13(12-6-4-3-5-7-12)8-9-14(16)10-15(18)17(19)21-2/h3-9,11,15H,10,18H2,1-2H3. The van der Waals surface area contributed by atoms with E-state index >= 15 is 0 Å². The molecule has 0 aromatic heterocycles. The van der Waals surface area contributed by atoms with Gasteiger partial charge in [-0.05, 0) is 22.8 Å². The summed E-state index contributed by atoms with van der Waals surface area (Å²) in [6.45, 7) is 0. The van der Waals surface area contributed by atoms with Crippen LogP contribution < -0.4 is 10.5 Å². The number of ether oxygens (including phenoxy) is 2. The first kappa shape index (κ1) is 15.1. The van der Waals surface area contributed by atoms with Crippen molar-refractivity contribution in [2.45, 2.75) is 12.5 Å². The summed E-state index contributed by atoms with van der Waals surface area (Å²) in [7, 11) is 2.94. The Morgan fingerprint density at radius 2 is 1.81 bits per heavy atom. The van der Waals surface area contributed by atoms with Crippen LogP contribution in [0.1, 0.15) is 5.56 Å². The van der Waals surface area contributed by atoms with Crippen molar-refractivity contribution in [1.82, 2.24) is 0 Å². The third kappa shape index (κ3) is 3.61. The Labute approximate surface area is 124 Å². The molecule has 4 heteroatoms. The third-order valence-corrected chi connectivity index (χ3v) is 3.34. The highest BCUT2D eigenvalue weighted by atomic mass is 16.5. The molecule has 0 fully saturated rings. The average molecular weight is 285 g/mol. The van der Waals surface area contributed by atoms with Crippen molar-refractivity contribution in [3.05, 3.63) is 54.1 Å². The predicted molar refractivity (Wildman–Crippen MR) is 82.1 cm³/mol. The normalized spacial score (nSPS) is 11.8. The fourth-order valence-corrected chi connectivity index (χ4v) is 2.19. The van der Waals surface area contributed by atoms with Gasteiger partial charge in [-0.2, -0.15) is 0 Å². The largest absolute Gasteiger partial charge is 0.496 e. The minimum Gasteiger partial charge on any atom is -0.496 e. The number of esters is 1. The molecule has 1 atom stereocenters. The van der Waals surface area contributed by atoms with Gasteiger partial charge in [0, 0.05) is 6.42 Å². The lowest BCUT2D eigenvalue weighted by atomic mass is 9.99. The molecule has 0 saturated carbocycles. The van der Waals surface area contributed by atoms with Crippen molar-refractivity contribution < 1.29 is 14.3 Å².